The van der Waals surface area contributed by atoms with Crippen molar-refractivity contribution in [3.05, 3.63) is 60.3 Å². The van der Waals surface area contributed by atoms with Crippen LogP contribution in [0.1, 0.15) is 43.7 Å². The molecule has 1 aromatic carbocycles. The van der Waals surface area contributed by atoms with Gasteiger partial charge in [-0.3, -0.25) is 4.79 Å². The van der Waals surface area contributed by atoms with E-state index < -0.39 is 0 Å². The summed E-state index contributed by atoms with van der Waals surface area (Å²) in [5, 5.41) is 14.2. The summed E-state index contributed by atoms with van der Waals surface area (Å²) in [5.74, 6) is 1.49. The minimum absolute atomic E-state index is 0.162. The van der Waals surface area contributed by atoms with Gasteiger partial charge in [0, 0.05) is 23.9 Å². The molecule has 0 unspecified atom stereocenters. The molecular formula is C24H30N6O2. The van der Waals surface area contributed by atoms with Crippen LogP contribution in [0, 0.1) is 0 Å². The van der Waals surface area contributed by atoms with Crippen LogP contribution in [-0.4, -0.2) is 39.7 Å². The number of piperidine rings is 1. The maximum absolute atomic E-state index is 11.6. The van der Waals surface area contributed by atoms with Crippen LogP contribution in [0.25, 0.3) is 5.65 Å². The number of aromatic nitrogens is 3. The SMILES string of the molecule is C=CC(=O)Nc1cccc(CNc2cc(OC3CCNCC3)nc3c(C(C)C)cnn23)c1. The standard InChI is InChI=1S/C24H30N6O2/c1-4-22(31)28-18-7-5-6-17(12-18)14-26-21-13-23(32-19-8-10-25-11-9-19)29-24-20(16(2)3)15-27-30(21)24/h4-7,12-13,15-16,19,25-26H,1,8-11,14H2,2-3H3,(H,28,31). The molecule has 1 amide bonds. The molecule has 8 nitrogen and oxygen atoms in total. The zero-order valence-corrected chi connectivity index (χ0v) is 18.6. The van der Waals surface area contributed by atoms with E-state index in [-0.39, 0.29) is 12.0 Å². The number of anilines is 2. The van der Waals surface area contributed by atoms with Gasteiger partial charge in [-0.25, -0.2) is 0 Å². The van der Waals surface area contributed by atoms with Gasteiger partial charge in [0.25, 0.3) is 0 Å². The number of nitrogens with zero attached hydrogens (tertiary/aromatic N) is 3. The van der Waals surface area contributed by atoms with E-state index >= 15 is 0 Å². The highest BCUT2D eigenvalue weighted by Crippen LogP contribution is 2.26. The van der Waals surface area contributed by atoms with Crippen molar-refractivity contribution in [3.63, 3.8) is 0 Å². The monoisotopic (exact) mass is 434 g/mol. The van der Waals surface area contributed by atoms with Crippen molar-refractivity contribution < 1.29 is 9.53 Å². The van der Waals surface area contributed by atoms with E-state index in [2.05, 4.69) is 41.5 Å². The second-order valence-electron chi connectivity index (χ2n) is 8.28. The van der Waals surface area contributed by atoms with Crippen LogP contribution in [0.4, 0.5) is 11.5 Å². The maximum atomic E-state index is 11.6. The Balaban J connectivity index is 1.58. The Morgan fingerprint density at radius 3 is 2.91 bits per heavy atom. The molecule has 8 heteroatoms. The zero-order valence-electron chi connectivity index (χ0n) is 18.6. The third kappa shape index (κ3) is 5.08. The fraction of sp³-hybridized carbons (Fsp3) is 0.375. The van der Waals surface area contributed by atoms with Gasteiger partial charge < -0.3 is 20.7 Å². The summed E-state index contributed by atoms with van der Waals surface area (Å²) in [7, 11) is 0. The van der Waals surface area contributed by atoms with Gasteiger partial charge in [-0.05, 0) is 55.6 Å². The lowest BCUT2D eigenvalue weighted by Crippen LogP contribution is -2.34. The van der Waals surface area contributed by atoms with Gasteiger partial charge in [0.1, 0.15) is 11.9 Å². The lowest BCUT2D eigenvalue weighted by atomic mass is 10.1. The van der Waals surface area contributed by atoms with Gasteiger partial charge in [-0.1, -0.05) is 32.6 Å². The van der Waals surface area contributed by atoms with Gasteiger partial charge >= 0.3 is 0 Å². The highest BCUT2D eigenvalue weighted by atomic mass is 16.5. The predicted octanol–water partition coefficient (Wildman–Crippen LogP) is 3.72. The lowest BCUT2D eigenvalue weighted by molar-refractivity contribution is -0.111. The molecule has 3 aromatic rings. The molecule has 1 saturated heterocycles. The molecule has 0 bridgehead atoms. The van der Waals surface area contributed by atoms with Crippen molar-refractivity contribution in [3.8, 4) is 5.88 Å². The molecule has 32 heavy (non-hydrogen) atoms. The molecular weight excluding hydrogens is 404 g/mol. The number of hydrogen-bond acceptors (Lipinski definition) is 6. The first-order valence-electron chi connectivity index (χ1n) is 11.1. The summed E-state index contributed by atoms with van der Waals surface area (Å²) in [6.07, 6.45) is 5.23. The van der Waals surface area contributed by atoms with Gasteiger partial charge in [0.15, 0.2) is 5.65 Å². The molecule has 1 fully saturated rings. The number of hydrogen-bond donors (Lipinski definition) is 3. The van der Waals surface area contributed by atoms with Crippen molar-refractivity contribution in [2.75, 3.05) is 23.7 Å². The molecule has 2 aromatic heterocycles. The average Bonchev–Trinajstić information content (AvgIpc) is 3.23. The van der Waals surface area contributed by atoms with E-state index in [1.54, 1.807) is 0 Å². The first kappa shape index (κ1) is 21.8. The largest absolute Gasteiger partial charge is 0.474 e. The van der Waals surface area contributed by atoms with E-state index in [1.807, 2.05) is 41.0 Å². The molecule has 1 aliphatic rings. The molecule has 168 valence electrons. The van der Waals surface area contributed by atoms with E-state index in [9.17, 15) is 4.79 Å². The van der Waals surface area contributed by atoms with Crippen molar-refractivity contribution in [1.29, 1.82) is 0 Å². The minimum Gasteiger partial charge on any atom is -0.474 e. The molecule has 0 radical (unpaired) electrons. The van der Waals surface area contributed by atoms with E-state index in [0.29, 0.717) is 18.3 Å². The Labute approximate surface area is 188 Å². The fourth-order valence-corrected chi connectivity index (χ4v) is 3.78. The first-order chi connectivity index (χ1) is 15.5. The third-order valence-corrected chi connectivity index (χ3v) is 5.52. The van der Waals surface area contributed by atoms with Crippen molar-refractivity contribution in [2.24, 2.45) is 0 Å². The molecule has 1 aliphatic heterocycles. The summed E-state index contributed by atoms with van der Waals surface area (Å²) in [4.78, 5) is 16.4. The van der Waals surface area contributed by atoms with E-state index in [4.69, 9.17) is 9.72 Å². The van der Waals surface area contributed by atoms with Crippen LogP contribution in [0.3, 0.4) is 0 Å². The Bertz CT molecular complexity index is 1100. The summed E-state index contributed by atoms with van der Waals surface area (Å²) in [5.41, 5.74) is 3.64. The Kier molecular flexibility index (Phi) is 6.70. The quantitative estimate of drug-likeness (QED) is 0.468. The number of benzene rings is 1. The summed E-state index contributed by atoms with van der Waals surface area (Å²) >= 11 is 0. The number of carbonyl (C=O) groups excluding carboxylic acids is 1. The number of ether oxygens (including phenoxy) is 1. The predicted molar refractivity (Wildman–Crippen MR) is 126 cm³/mol. The number of nitrogens with one attached hydrogen (secondary N) is 3. The number of rotatable bonds is 8. The number of carbonyl (C=O) groups is 1. The third-order valence-electron chi connectivity index (χ3n) is 5.52. The molecule has 0 aliphatic carbocycles. The highest BCUT2D eigenvalue weighted by Gasteiger charge is 2.19. The normalized spacial score (nSPS) is 14.5. The number of amides is 1. The molecule has 0 saturated carbocycles. The van der Waals surface area contributed by atoms with Gasteiger partial charge in [0.2, 0.25) is 11.8 Å². The van der Waals surface area contributed by atoms with Crippen LogP contribution in [0.5, 0.6) is 5.88 Å². The Morgan fingerprint density at radius 2 is 2.16 bits per heavy atom. The van der Waals surface area contributed by atoms with Crippen LogP contribution in [-0.2, 0) is 11.3 Å². The molecule has 3 N–H and O–H groups in total. The summed E-state index contributed by atoms with van der Waals surface area (Å²) in [6.45, 7) is 10.2. The van der Waals surface area contributed by atoms with Crippen LogP contribution in [0.15, 0.2) is 49.2 Å². The van der Waals surface area contributed by atoms with Gasteiger partial charge in [0.05, 0.1) is 6.20 Å². The van der Waals surface area contributed by atoms with Crippen molar-refractivity contribution in [2.45, 2.75) is 45.3 Å². The van der Waals surface area contributed by atoms with Crippen LogP contribution in [0.2, 0.25) is 0 Å². The zero-order chi connectivity index (χ0) is 22.5. The smallest absolute Gasteiger partial charge is 0.247 e. The van der Waals surface area contributed by atoms with Gasteiger partial charge in [-0.2, -0.15) is 14.6 Å². The van der Waals surface area contributed by atoms with Gasteiger partial charge in [-0.15, -0.1) is 0 Å². The average molecular weight is 435 g/mol. The summed E-state index contributed by atoms with van der Waals surface area (Å²) in [6, 6.07) is 9.61. The fourth-order valence-electron chi connectivity index (χ4n) is 3.78. The van der Waals surface area contributed by atoms with E-state index in [0.717, 1.165) is 54.2 Å². The lowest BCUT2D eigenvalue weighted by Gasteiger charge is -2.23. The molecule has 4 rings (SSSR count). The molecule has 3 heterocycles. The van der Waals surface area contributed by atoms with Crippen molar-refractivity contribution >= 4 is 23.1 Å². The Hall–Kier alpha value is -3.39. The van der Waals surface area contributed by atoms with Crippen molar-refractivity contribution in [1.82, 2.24) is 19.9 Å². The van der Waals surface area contributed by atoms with Crippen LogP contribution < -0.4 is 20.7 Å². The first-order valence-corrected chi connectivity index (χ1v) is 11.1. The summed E-state index contributed by atoms with van der Waals surface area (Å²) < 4.78 is 8.07. The second-order valence-corrected chi connectivity index (χ2v) is 8.28. The number of fused-ring (bicyclic) bond motifs is 1. The topological polar surface area (TPSA) is 92.6 Å². The minimum atomic E-state index is -0.233. The second kappa shape index (κ2) is 9.82. The molecule has 0 atom stereocenters. The Morgan fingerprint density at radius 1 is 1.34 bits per heavy atom. The highest BCUT2D eigenvalue weighted by molar-refractivity contribution is 5.98. The maximum Gasteiger partial charge on any atom is 0.247 e. The molecule has 0 spiro atoms. The van der Waals surface area contributed by atoms with Crippen LogP contribution >= 0.6 is 0 Å². The van der Waals surface area contributed by atoms with E-state index in [1.165, 1.54) is 6.08 Å².